The Bertz CT molecular complexity index is 1300. The number of rotatable bonds is 3. The van der Waals surface area contributed by atoms with E-state index in [1.807, 2.05) is 12.1 Å². The zero-order valence-corrected chi connectivity index (χ0v) is 19.4. The highest BCUT2D eigenvalue weighted by Gasteiger charge is 2.38. The lowest BCUT2D eigenvalue weighted by atomic mass is 9.82. The van der Waals surface area contributed by atoms with Gasteiger partial charge in [0.2, 0.25) is 0 Å². The SMILES string of the molecule is COc1ccc(C2(c3ccc(Br)cc3)C=Cc3c(C)c(C)c4ccccc4c3O2)cc1. The fraction of sp³-hybridized carbons (Fsp3) is 0.143. The topological polar surface area (TPSA) is 18.5 Å². The van der Waals surface area contributed by atoms with Crippen LogP contribution < -0.4 is 9.47 Å². The molecule has 1 atom stereocenters. The molecule has 0 spiro atoms. The Balaban J connectivity index is 1.78. The molecular formula is C28H23BrO2. The molecule has 4 aromatic carbocycles. The van der Waals surface area contributed by atoms with Crippen LogP contribution >= 0.6 is 15.9 Å². The molecule has 1 aliphatic heterocycles. The largest absolute Gasteiger partial charge is 0.497 e. The molecule has 5 rings (SSSR count). The minimum atomic E-state index is -0.732. The third-order valence-electron chi connectivity index (χ3n) is 6.33. The van der Waals surface area contributed by atoms with Gasteiger partial charge in [0, 0.05) is 26.5 Å². The van der Waals surface area contributed by atoms with E-state index in [4.69, 9.17) is 9.47 Å². The highest BCUT2D eigenvalue weighted by atomic mass is 79.9. The van der Waals surface area contributed by atoms with Crippen molar-refractivity contribution in [3.8, 4) is 11.5 Å². The molecule has 1 heterocycles. The fourth-order valence-corrected chi connectivity index (χ4v) is 4.71. The Morgan fingerprint density at radius 1 is 0.774 bits per heavy atom. The molecular weight excluding hydrogens is 448 g/mol. The van der Waals surface area contributed by atoms with E-state index in [0.717, 1.165) is 38.0 Å². The van der Waals surface area contributed by atoms with Crippen LogP contribution in [0, 0.1) is 13.8 Å². The van der Waals surface area contributed by atoms with Crippen LogP contribution in [0.1, 0.15) is 27.8 Å². The number of methoxy groups -OCH3 is 1. The van der Waals surface area contributed by atoms with Crippen molar-refractivity contribution in [2.24, 2.45) is 0 Å². The summed E-state index contributed by atoms with van der Waals surface area (Å²) in [5, 5.41) is 2.37. The summed E-state index contributed by atoms with van der Waals surface area (Å²) in [5.74, 6) is 1.76. The summed E-state index contributed by atoms with van der Waals surface area (Å²) in [7, 11) is 1.68. The Labute approximate surface area is 191 Å². The number of aryl methyl sites for hydroxylation is 1. The molecule has 0 N–H and O–H groups in total. The first kappa shape index (κ1) is 19.9. The van der Waals surface area contributed by atoms with Gasteiger partial charge in [0.05, 0.1) is 7.11 Å². The average Bonchev–Trinajstić information content (AvgIpc) is 2.82. The van der Waals surface area contributed by atoms with Crippen LogP contribution in [0.3, 0.4) is 0 Å². The maximum atomic E-state index is 7.01. The molecule has 0 radical (unpaired) electrons. The van der Waals surface area contributed by atoms with E-state index in [1.165, 1.54) is 16.5 Å². The number of ether oxygens (including phenoxy) is 2. The maximum absolute atomic E-state index is 7.01. The smallest absolute Gasteiger partial charge is 0.178 e. The molecule has 3 heteroatoms. The van der Waals surface area contributed by atoms with Crippen molar-refractivity contribution in [2.75, 3.05) is 7.11 Å². The summed E-state index contributed by atoms with van der Waals surface area (Å²) < 4.78 is 13.4. The van der Waals surface area contributed by atoms with Crippen LogP contribution in [0.5, 0.6) is 11.5 Å². The van der Waals surface area contributed by atoms with Crippen molar-refractivity contribution < 1.29 is 9.47 Å². The monoisotopic (exact) mass is 470 g/mol. The molecule has 1 aliphatic rings. The Morgan fingerprint density at radius 2 is 1.39 bits per heavy atom. The molecule has 2 nitrogen and oxygen atoms in total. The number of benzene rings is 4. The van der Waals surface area contributed by atoms with Gasteiger partial charge >= 0.3 is 0 Å². The van der Waals surface area contributed by atoms with Crippen molar-refractivity contribution in [1.82, 2.24) is 0 Å². The Kier molecular flexibility index (Phi) is 4.86. The first-order valence-electron chi connectivity index (χ1n) is 10.3. The van der Waals surface area contributed by atoms with Crippen LogP contribution in [-0.4, -0.2) is 7.11 Å². The standard InChI is InChI=1S/C28H23BrO2/c1-18-19(2)25-16-17-28(20-8-12-22(29)13-9-20,21-10-14-23(30-3)15-11-21)31-27(25)26-7-5-4-6-24(18)26/h4-17H,1-3H3. The summed E-state index contributed by atoms with van der Waals surface area (Å²) >= 11 is 3.56. The molecule has 154 valence electrons. The van der Waals surface area contributed by atoms with Crippen LogP contribution in [0.25, 0.3) is 16.8 Å². The van der Waals surface area contributed by atoms with E-state index in [0.29, 0.717) is 0 Å². The van der Waals surface area contributed by atoms with Crippen LogP contribution in [0.4, 0.5) is 0 Å². The second kappa shape index (κ2) is 7.58. The summed E-state index contributed by atoms with van der Waals surface area (Å²) in [5.41, 5.74) is 5.10. The highest BCUT2D eigenvalue weighted by Crippen LogP contribution is 2.47. The normalized spacial score (nSPS) is 17.3. The number of fused-ring (bicyclic) bond motifs is 3. The first-order chi connectivity index (χ1) is 15.0. The lowest BCUT2D eigenvalue weighted by molar-refractivity contribution is 0.163. The molecule has 1 unspecified atom stereocenters. The summed E-state index contributed by atoms with van der Waals surface area (Å²) in [6.07, 6.45) is 4.40. The van der Waals surface area contributed by atoms with Gasteiger partial charge in [-0.2, -0.15) is 0 Å². The summed E-state index contributed by atoms with van der Waals surface area (Å²) in [4.78, 5) is 0. The predicted octanol–water partition coefficient (Wildman–Crippen LogP) is 7.58. The van der Waals surface area contributed by atoms with Crippen molar-refractivity contribution in [2.45, 2.75) is 19.4 Å². The van der Waals surface area contributed by atoms with Gasteiger partial charge in [-0.25, -0.2) is 0 Å². The third kappa shape index (κ3) is 3.16. The van der Waals surface area contributed by atoms with Crippen molar-refractivity contribution in [3.05, 3.63) is 111 Å². The molecule has 0 bridgehead atoms. The van der Waals surface area contributed by atoms with E-state index in [-0.39, 0.29) is 0 Å². The van der Waals surface area contributed by atoms with Gasteiger partial charge in [-0.3, -0.25) is 0 Å². The van der Waals surface area contributed by atoms with Gasteiger partial charge < -0.3 is 9.47 Å². The molecule has 0 aromatic heterocycles. The zero-order chi connectivity index (χ0) is 21.6. The van der Waals surface area contributed by atoms with Crippen LogP contribution in [0.15, 0.2) is 83.3 Å². The van der Waals surface area contributed by atoms with Crippen LogP contribution in [-0.2, 0) is 5.60 Å². The zero-order valence-electron chi connectivity index (χ0n) is 17.8. The van der Waals surface area contributed by atoms with Gasteiger partial charge in [0.1, 0.15) is 11.5 Å². The third-order valence-corrected chi connectivity index (χ3v) is 6.86. The molecule has 0 saturated heterocycles. The summed E-state index contributed by atoms with van der Waals surface area (Å²) in [6.45, 7) is 4.36. The lowest BCUT2D eigenvalue weighted by Crippen LogP contribution is -2.34. The lowest BCUT2D eigenvalue weighted by Gasteiger charge is -2.37. The molecule has 0 saturated carbocycles. The average molecular weight is 471 g/mol. The van der Waals surface area contributed by atoms with E-state index < -0.39 is 5.60 Å². The van der Waals surface area contributed by atoms with Gasteiger partial charge in [0.25, 0.3) is 0 Å². The summed E-state index contributed by atoms with van der Waals surface area (Å²) in [6, 6.07) is 25.0. The first-order valence-corrected chi connectivity index (χ1v) is 11.1. The molecule has 0 aliphatic carbocycles. The van der Waals surface area contributed by atoms with E-state index in [1.54, 1.807) is 7.11 Å². The van der Waals surface area contributed by atoms with Crippen LogP contribution in [0.2, 0.25) is 0 Å². The minimum absolute atomic E-state index is 0.732. The van der Waals surface area contributed by atoms with Gasteiger partial charge in [-0.1, -0.05) is 70.5 Å². The number of hydrogen-bond acceptors (Lipinski definition) is 2. The van der Waals surface area contributed by atoms with Crippen molar-refractivity contribution in [3.63, 3.8) is 0 Å². The van der Waals surface area contributed by atoms with Crippen molar-refractivity contribution >= 4 is 32.8 Å². The predicted molar refractivity (Wildman–Crippen MR) is 131 cm³/mol. The molecule has 4 aromatic rings. The Hall–Kier alpha value is -3.04. The fourth-order valence-electron chi connectivity index (χ4n) is 4.45. The van der Waals surface area contributed by atoms with E-state index in [9.17, 15) is 0 Å². The minimum Gasteiger partial charge on any atom is -0.497 e. The second-order valence-electron chi connectivity index (χ2n) is 7.94. The quantitative estimate of drug-likeness (QED) is 0.307. The van der Waals surface area contributed by atoms with E-state index >= 15 is 0 Å². The van der Waals surface area contributed by atoms with Gasteiger partial charge in [-0.05, 0) is 60.7 Å². The van der Waals surface area contributed by atoms with Gasteiger partial charge in [-0.15, -0.1) is 0 Å². The second-order valence-corrected chi connectivity index (χ2v) is 8.86. The maximum Gasteiger partial charge on any atom is 0.178 e. The molecule has 31 heavy (non-hydrogen) atoms. The van der Waals surface area contributed by atoms with Crippen molar-refractivity contribution in [1.29, 1.82) is 0 Å². The molecule has 0 fully saturated rings. The number of hydrogen-bond donors (Lipinski definition) is 0. The highest BCUT2D eigenvalue weighted by molar-refractivity contribution is 9.10. The van der Waals surface area contributed by atoms with Gasteiger partial charge in [0.15, 0.2) is 5.60 Å². The number of halogens is 1. The van der Waals surface area contributed by atoms with E-state index in [2.05, 4.69) is 103 Å². The molecule has 0 amide bonds. The Morgan fingerprint density at radius 3 is 2.03 bits per heavy atom.